The van der Waals surface area contributed by atoms with Gasteiger partial charge in [-0.05, 0) is 11.8 Å². The van der Waals surface area contributed by atoms with Crippen LogP contribution in [-0.2, 0) is 25.3 Å². The first-order chi connectivity index (χ1) is 13.0. The monoisotopic (exact) mass is 408 g/mol. The van der Waals surface area contributed by atoms with Crippen LogP contribution < -0.4 is 11.2 Å². The molecule has 0 spiro atoms. The predicted molar refractivity (Wildman–Crippen MR) is 110 cm³/mol. The maximum absolute atomic E-state index is 12.8. The van der Waals surface area contributed by atoms with E-state index in [1.54, 1.807) is 7.05 Å². The highest BCUT2D eigenvalue weighted by atomic mass is 32.2. The van der Waals surface area contributed by atoms with Gasteiger partial charge in [0, 0.05) is 20.5 Å². The van der Waals surface area contributed by atoms with Gasteiger partial charge in [-0.1, -0.05) is 52.3 Å². The van der Waals surface area contributed by atoms with Gasteiger partial charge in [0.15, 0.2) is 5.65 Å². The number of nitrogens with zero attached hydrogens (tertiary/aromatic N) is 4. The summed E-state index contributed by atoms with van der Waals surface area (Å²) >= 11 is 1.06. The van der Waals surface area contributed by atoms with Crippen molar-refractivity contribution in [3.63, 3.8) is 0 Å². The van der Waals surface area contributed by atoms with E-state index in [9.17, 15) is 19.5 Å². The van der Waals surface area contributed by atoms with Crippen LogP contribution in [0.3, 0.4) is 0 Å². The second-order valence-electron chi connectivity index (χ2n) is 8.17. The number of aryl methyl sites for hydroxylation is 1. The summed E-state index contributed by atoms with van der Waals surface area (Å²) in [6.45, 7) is 8.11. The number of hydrogen-bond acceptors (Lipinski definition) is 6. The molecule has 0 saturated heterocycles. The van der Waals surface area contributed by atoms with Crippen molar-refractivity contribution in [1.29, 1.82) is 0 Å². The van der Waals surface area contributed by atoms with Crippen LogP contribution in [-0.4, -0.2) is 35.4 Å². The molecule has 0 amide bonds. The van der Waals surface area contributed by atoms with Gasteiger partial charge in [-0.15, -0.1) is 0 Å². The molecular weight excluding hydrogens is 380 g/mol. The van der Waals surface area contributed by atoms with Gasteiger partial charge in [0.05, 0.1) is 0 Å². The molecule has 1 N–H and O–H groups in total. The zero-order valence-electron chi connectivity index (χ0n) is 17.3. The summed E-state index contributed by atoms with van der Waals surface area (Å²) in [7, 11) is 2.95. The van der Waals surface area contributed by atoms with E-state index in [1.807, 2.05) is 27.7 Å². The molecule has 28 heavy (non-hydrogen) atoms. The molecule has 8 nitrogen and oxygen atoms in total. The highest BCUT2D eigenvalue weighted by Gasteiger charge is 2.25. The van der Waals surface area contributed by atoms with Gasteiger partial charge < -0.3 is 5.11 Å². The third kappa shape index (κ3) is 4.81. The van der Waals surface area contributed by atoms with Crippen molar-refractivity contribution in [2.24, 2.45) is 19.5 Å². The standard InChI is InChI=1S/C19H28N4O4S/c1-7-8-9-11(17(25)26)28-15-13-14(20-12(21-15)10-19(2,3)4)22(5)18(27)23(6)16(13)24/h11H,7-10H2,1-6H3,(H,25,26)/t11-/m0/s1. The Hall–Kier alpha value is -2.16. The Morgan fingerprint density at radius 3 is 2.36 bits per heavy atom. The Morgan fingerprint density at radius 2 is 1.82 bits per heavy atom. The highest BCUT2D eigenvalue weighted by molar-refractivity contribution is 8.00. The van der Waals surface area contributed by atoms with Crippen LogP contribution in [0.15, 0.2) is 14.6 Å². The minimum Gasteiger partial charge on any atom is -0.480 e. The Labute approximate surface area is 168 Å². The summed E-state index contributed by atoms with van der Waals surface area (Å²) in [6.07, 6.45) is 2.65. The number of rotatable bonds is 7. The van der Waals surface area contributed by atoms with Gasteiger partial charge in [0.2, 0.25) is 0 Å². The van der Waals surface area contributed by atoms with E-state index >= 15 is 0 Å². The normalized spacial score (nSPS) is 13.1. The zero-order chi connectivity index (χ0) is 21.2. The minimum atomic E-state index is -0.941. The molecule has 0 aliphatic carbocycles. The van der Waals surface area contributed by atoms with Crippen LogP contribution in [0.2, 0.25) is 0 Å². The fourth-order valence-corrected chi connectivity index (χ4v) is 3.98. The van der Waals surface area contributed by atoms with Crippen molar-refractivity contribution < 1.29 is 9.90 Å². The maximum Gasteiger partial charge on any atom is 0.332 e. The first kappa shape index (κ1) is 22.1. The number of fused-ring (bicyclic) bond motifs is 1. The first-order valence-electron chi connectivity index (χ1n) is 9.32. The second-order valence-corrected chi connectivity index (χ2v) is 9.37. The smallest absolute Gasteiger partial charge is 0.332 e. The van der Waals surface area contributed by atoms with E-state index in [2.05, 4.69) is 9.97 Å². The van der Waals surface area contributed by atoms with E-state index in [4.69, 9.17) is 0 Å². The Kier molecular flexibility index (Phi) is 6.69. The molecule has 9 heteroatoms. The minimum absolute atomic E-state index is 0.109. The van der Waals surface area contributed by atoms with Gasteiger partial charge in [0.25, 0.3) is 5.56 Å². The highest BCUT2D eigenvalue weighted by Crippen LogP contribution is 2.30. The summed E-state index contributed by atoms with van der Waals surface area (Å²) in [5.74, 6) is -0.449. The van der Waals surface area contributed by atoms with Gasteiger partial charge in [-0.25, -0.2) is 14.8 Å². The Morgan fingerprint density at radius 1 is 1.18 bits per heavy atom. The number of aromatic nitrogens is 4. The van der Waals surface area contributed by atoms with Crippen molar-refractivity contribution in [1.82, 2.24) is 19.1 Å². The molecule has 0 radical (unpaired) electrons. The van der Waals surface area contributed by atoms with Gasteiger partial charge in [-0.3, -0.25) is 18.7 Å². The van der Waals surface area contributed by atoms with Crippen molar-refractivity contribution >= 4 is 28.8 Å². The summed E-state index contributed by atoms with van der Waals surface area (Å²) < 4.78 is 2.32. The van der Waals surface area contributed by atoms with Crippen LogP contribution in [0.4, 0.5) is 0 Å². The molecule has 2 aromatic rings. The van der Waals surface area contributed by atoms with Gasteiger partial charge in [0.1, 0.15) is 21.5 Å². The molecule has 0 aliphatic heterocycles. The third-order valence-corrected chi connectivity index (χ3v) is 5.59. The molecule has 2 rings (SSSR count). The SMILES string of the molecule is CCCC[C@H](Sc1nc(CC(C)(C)C)nc2c1c(=O)n(C)c(=O)n2C)C(=O)O. The number of hydrogen-bond donors (Lipinski definition) is 1. The van der Waals surface area contributed by atoms with Crippen LogP contribution in [0.5, 0.6) is 0 Å². The summed E-state index contributed by atoms with van der Waals surface area (Å²) in [5.41, 5.74) is -0.857. The lowest BCUT2D eigenvalue weighted by Gasteiger charge is -2.19. The lowest BCUT2D eigenvalue weighted by molar-refractivity contribution is -0.136. The second kappa shape index (κ2) is 8.46. The lowest BCUT2D eigenvalue weighted by Crippen LogP contribution is -2.38. The molecule has 0 fully saturated rings. The molecule has 2 aromatic heterocycles. The fourth-order valence-electron chi connectivity index (χ4n) is 2.87. The fraction of sp³-hybridized carbons (Fsp3) is 0.632. The van der Waals surface area contributed by atoms with E-state index < -0.39 is 22.5 Å². The first-order valence-corrected chi connectivity index (χ1v) is 10.2. The molecule has 0 unspecified atom stereocenters. The summed E-state index contributed by atoms with van der Waals surface area (Å²) in [4.78, 5) is 45.9. The molecule has 1 atom stereocenters. The van der Waals surface area contributed by atoms with Crippen molar-refractivity contribution in [3.8, 4) is 0 Å². The van der Waals surface area contributed by atoms with E-state index in [0.717, 1.165) is 29.2 Å². The van der Waals surface area contributed by atoms with Crippen LogP contribution in [0, 0.1) is 5.41 Å². The number of carboxylic acids is 1. The van der Waals surface area contributed by atoms with Crippen LogP contribution >= 0.6 is 11.8 Å². The number of thioether (sulfide) groups is 1. The number of unbranched alkanes of at least 4 members (excludes halogenated alkanes) is 1. The molecular formula is C19H28N4O4S. The Bertz CT molecular complexity index is 1000. The molecule has 0 bridgehead atoms. The zero-order valence-corrected chi connectivity index (χ0v) is 18.1. The van der Waals surface area contributed by atoms with Gasteiger partial charge in [-0.2, -0.15) is 0 Å². The summed E-state index contributed by atoms with van der Waals surface area (Å²) in [6, 6.07) is 0. The van der Waals surface area contributed by atoms with E-state index in [0.29, 0.717) is 23.7 Å². The average Bonchev–Trinajstić information content (AvgIpc) is 2.59. The molecule has 2 heterocycles. The number of aliphatic carboxylic acids is 1. The van der Waals surface area contributed by atoms with Crippen molar-refractivity contribution in [2.75, 3.05) is 0 Å². The quantitative estimate of drug-likeness (QED) is 0.553. The molecule has 0 saturated carbocycles. The molecule has 154 valence electrons. The summed E-state index contributed by atoms with van der Waals surface area (Å²) in [5, 5.41) is 9.40. The number of carbonyl (C=O) groups is 1. The van der Waals surface area contributed by atoms with Crippen molar-refractivity contribution in [3.05, 3.63) is 26.7 Å². The predicted octanol–water partition coefficient (Wildman–Crippen LogP) is 2.35. The van der Waals surface area contributed by atoms with Gasteiger partial charge >= 0.3 is 11.7 Å². The van der Waals surface area contributed by atoms with Crippen LogP contribution in [0.25, 0.3) is 11.0 Å². The Balaban J connectivity index is 2.75. The average molecular weight is 409 g/mol. The molecule has 0 aliphatic rings. The van der Waals surface area contributed by atoms with E-state index in [1.165, 1.54) is 11.6 Å². The topological polar surface area (TPSA) is 107 Å². The van der Waals surface area contributed by atoms with Crippen molar-refractivity contribution in [2.45, 2.75) is 63.7 Å². The number of carboxylic acid groups (broad SMARTS) is 1. The van der Waals surface area contributed by atoms with E-state index in [-0.39, 0.29) is 16.4 Å². The largest absolute Gasteiger partial charge is 0.480 e. The third-order valence-electron chi connectivity index (χ3n) is 4.35. The molecule has 0 aromatic carbocycles. The van der Waals surface area contributed by atoms with Crippen LogP contribution in [0.1, 0.15) is 52.8 Å². The lowest BCUT2D eigenvalue weighted by atomic mass is 9.92. The maximum atomic E-state index is 12.8.